The van der Waals surface area contributed by atoms with E-state index in [1.54, 1.807) is 18.2 Å². The van der Waals surface area contributed by atoms with Gasteiger partial charge >= 0.3 is 5.97 Å². The molecule has 0 aliphatic rings. The van der Waals surface area contributed by atoms with Crippen molar-refractivity contribution in [2.24, 2.45) is 0 Å². The van der Waals surface area contributed by atoms with E-state index < -0.39 is 18.0 Å². The number of rotatable bonds is 4. The number of esters is 1. The molecule has 7 heteroatoms. The maximum absolute atomic E-state index is 12.1. The molecule has 0 spiro atoms. The molecule has 2 rings (SSSR count). The van der Waals surface area contributed by atoms with Crippen LogP contribution in [0.15, 0.2) is 42.5 Å². The fraction of sp³-hybridized carbons (Fsp3) is 0.118. The number of hydrogen-bond acceptors (Lipinski definition) is 5. The zero-order valence-electron chi connectivity index (χ0n) is 12.6. The minimum atomic E-state index is -1.11. The maximum atomic E-state index is 12.1. The zero-order valence-corrected chi connectivity index (χ0v) is 13.4. The monoisotopic (exact) mass is 344 g/mol. The fourth-order valence-electron chi connectivity index (χ4n) is 1.86. The molecule has 6 nitrogen and oxygen atoms in total. The van der Waals surface area contributed by atoms with Gasteiger partial charge in [-0.15, -0.1) is 0 Å². The second-order valence-corrected chi connectivity index (χ2v) is 5.33. The lowest BCUT2D eigenvalue weighted by Gasteiger charge is -2.14. The van der Waals surface area contributed by atoms with E-state index >= 15 is 0 Å². The Morgan fingerprint density at radius 1 is 1.29 bits per heavy atom. The molecule has 2 aromatic carbocycles. The van der Waals surface area contributed by atoms with Crippen molar-refractivity contribution in [1.82, 2.24) is 0 Å². The lowest BCUT2D eigenvalue weighted by atomic mass is 10.2. The standard InChI is InChI=1S/C17H13ClN2O4/c1-10(16(22)20-13-4-2-3-11(7-13)9-19)24-17(23)14-8-12(18)5-6-15(14)21/h2-8,10,21H,1H3,(H,20,22)/t10-/m1/s1. The average molecular weight is 345 g/mol. The van der Waals surface area contributed by atoms with E-state index in [0.717, 1.165) is 0 Å². The number of nitrogens with one attached hydrogen (secondary N) is 1. The Morgan fingerprint density at radius 2 is 2.04 bits per heavy atom. The molecule has 2 aromatic rings. The summed E-state index contributed by atoms with van der Waals surface area (Å²) in [6.07, 6.45) is -1.11. The zero-order chi connectivity index (χ0) is 17.7. The van der Waals surface area contributed by atoms with Gasteiger partial charge in [0, 0.05) is 10.7 Å². The molecule has 0 fully saturated rings. The number of amides is 1. The Kier molecular flexibility index (Phi) is 5.40. The Bertz CT molecular complexity index is 830. The summed E-state index contributed by atoms with van der Waals surface area (Å²) in [7, 11) is 0. The predicted octanol–water partition coefficient (Wildman–Crippen LogP) is 3.10. The Balaban J connectivity index is 2.04. The molecular formula is C17H13ClN2O4. The quantitative estimate of drug-likeness (QED) is 0.830. The number of ether oxygens (including phenoxy) is 1. The smallest absolute Gasteiger partial charge is 0.342 e. The van der Waals surface area contributed by atoms with E-state index in [4.69, 9.17) is 21.6 Å². The van der Waals surface area contributed by atoms with Gasteiger partial charge in [-0.25, -0.2) is 4.79 Å². The van der Waals surface area contributed by atoms with Gasteiger partial charge in [-0.3, -0.25) is 4.79 Å². The lowest BCUT2D eigenvalue weighted by Crippen LogP contribution is -2.30. The third-order valence-electron chi connectivity index (χ3n) is 3.09. The molecule has 0 saturated heterocycles. The van der Waals surface area contributed by atoms with Gasteiger partial charge in [-0.05, 0) is 43.3 Å². The lowest BCUT2D eigenvalue weighted by molar-refractivity contribution is -0.123. The second-order valence-electron chi connectivity index (χ2n) is 4.89. The summed E-state index contributed by atoms with van der Waals surface area (Å²) in [5.41, 5.74) is 0.669. The third kappa shape index (κ3) is 4.24. The summed E-state index contributed by atoms with van der Waals surface area (Å²) in [6.45, 7) is 1.39. The summed E-state index contributed by atoms with van der Waals surface area (Å²) < 4.78 is 5.03. The van der Waals surface area contributed by atoms with Crippen LogP contribution in [0.5, 0.6) is 5.75 Å². The highest BCUT2D eigenvalue weighted by molar-refractivity contribution is 6.31. The van der Waals surface area contributed by atoms with E-state index in [2.05, 4.69) is 5.32 Å². The number of benzene rings is 2. The highest BCUT2D eigenvalue weighted by atomic mass is 35.5. The topological polar surface area (TPSA) is 99.4 Å². The van der Waals surface area contributed by atoms with Crippen molar-refractivity contribution >= 4 is 29.2 Å². The first-order valence-corrected chi connectivity index (χ1v) is 7.29. The molecule has 1 amide bonds. The SMILES string of the molecule is C[C@@H](OC(=O)c1cc(Cl)ccc1O)C(=O)Nc1cccc(C#N)c1. The van der Waals surface area contributed by atoms with Gasteiger partial charge in [0.05, 0.1) is 11.6 Å². The van der Waals surface area contributed by atoms with Crippen LogP contribution in [0, 0.1) is 11.3 Å². The molecule has 0 aliphatic heterocycles. The Labute approximate surface area is 143 Å². The second kappa shape index (κ2) is 7.49. The number of nitriles is 1. The number of aromatic hydroxyl groups is 1. The number of phenolic OH excluding ortho intramolecular Hbond substituents is 1. The first kappa shape index (κ1) is 17.3. The van der Waals surface area contributed by atoms with Crippen molar-refractivity contribution in [3.05, 3.63) is 58.6 Å². The Morgan fingerprint density at radius 3 is 2.75 bits per heavy atom. The van der Waals surface area contributed by atoms with Gasteiger partial charge in [0.15, 0.2) is 6.10 Å². The fourth-order valence-corrected chi connectivity index (χ4v) is 2.03. The molecule has 0 aliphatic carbocycles. The molecule has 2 N–H and O–H groups in total. The number of carbonyl (C=O) groups is 2. The van der Waals surface area contributed by atoms with Crippen LogP contribution in [-0.4, -0.2) is 23.1 Å². The first-order valence-electron chi connectivity index (χ1n) is 6.91. The molecule has 0 bridgehead atoms. The van der Waals surface area contributed by atoms with Crippen LogP contribution in [0.1, 0.15) is 22.8 Å². The van der Waals surface area contributed by atoms with Gasteiger partial charge in [0.25, 0.3) is 5.91 Å². The van der Waals surface area contributed by atoms with Crippen molar-refractivity contribution < 1.29 is 19.4 Å². The molecule has 122 valence electrons. The highest BCUT2D eigenvalue weighted by Crippen LogP contribution is 2.22. The van der Waals surface area contributed by atoms with Crippen LogP contribution in [0.2, 0.25) is 5.02 Å². The van der Waals surface area contributed by atoms with Crippen molar-refractivity contribution in [3.8, 4) is 11.8 Å². The molecule has 0 aromatic heterocycles. The molecule has 24 heavy (non-hydrogen) atoms. The van der Waals surface area contributed by atoms with E-state index in [1.807, 2.05) is 6.07 Å². The average Bonchev–Trinajstić information content (AvgIpc) is 2.57. The van der Waals surface area contributed by atoms with E-state index in [-0.39, 0.29) is 16.3 Å². The van der Waals surface area contributed by atoms with Crippen LogP contribution >= 0.6 is 11.6 Å². The van der Waals surface area contributed by atoms with Gasteiger partial charge in [-0.1, -0.05) is 17.7 Å². The van der Waals surface area contributed by atoms with E-state index in [0.29, 0.717) is 11.3 Å². The largest absolute Gasteiger partial charge is 0.507 e. The normalized spacial score (nSPS) is 11.2. The third-order valence-corrected chi connectivity index (χ3v) is 3.33. The summed E-state index contributed by atoms with van der Waals surface area (Å²) in [5.74, 6) is -1.73. The minimum absolute atomic E-state index is 0.131. The highest BCUT2D eigenvalue weighted by Gasteiger charge is 2.21. The van der Waals surface area contributed by atoms with E-state index in [9.17, 15) is 14.7 Å². The van der Waals surface area contributed by atoms with Crippen LogP contribution in [0.3, 0.4) is 0 Å². The molecular weight excluding hydrogens is 332 g/mol. The predicted molar refractivity (Wildman–Crippen MR) is 87.8 cm³/mol. The van der Waals surface area contributed by atoms with Crippen LogP contribution in [-0.2, 0) is 9.53 Å². The van der Waals surface area contributed by atoms with Gasteiger partial charge in [0.1, 0.15) is 11.3 Å². The Hall–Kier alpha value is -3.04. The van der Waals surface area contributed by atoms with Crippen molar-refractivity contribution in [1.29, 1.82) is 5.26 Å². The number of phenols is 1. The van der Waals surface area contributed by atoms with E-state index in [1.165, 1.54) is 31.2 Å². The summed E-state index contributed by atoms with van der Waals surface area (Å²) in [6, 6.07) is 12.2. The summed E-state index contributed by atoms with van der Waals surface area (Å²) in [5, 5.41) is 21.3. The molecule has 0 unspecified atom stereocenters. The molecule has 0 radical (unpaired) electrons. The van der Waals surface area contributed by atoms with Crippen LogP contribution in [0.25, 0.3) is 0 Å². The molecule has 1 atom stereocenters. The van der Waals surface area contributed by atoms with Crippen molar-refractivity contribution in [3.63, 3.8) is 0 Å². The van der Waals surface area contributed by atoms with Gasteiger partial charge in [0.2, 0.25) is 0 Å². The van der Waals surface area contributed by atoms with Gasteiger partial charge in [-0.2, -0.15) is 5.26 Å². The number of nitrogens with zero attached hydrogens (tertiary/aromatic N) is 1. The summed E-state index contributed by atoms with van der Waals surface area (Å²) >= 11 is 5.77. The summed E-state index contributed by atoms with van der Waals surface area (Å²) in [4.78, 5) is 24.1. The number of anilines is 1. The maximum Gasteiger partial charge on any atom is 0.342 e. The molecule has 0 heterocycles. The number of halogens is 1. The minimum Gasteiger partial charge on any atom is -0.507 e. The van der Waals surface area contributed by atoms with Crippen molar-refractivity contribution in [2.45, 2.75) is 13.0 Å². The first-order chi connectivity index (χ1) is 11.4. The van der Waals surface area contributed by atoms with Crippen LogP contribution < -0.4 is 5.32 Å². The van der Waals surface area contributed by atoms with Crippen molar-refractivity contribution in [2.75, 3.05) is 5.32 Å². The molecule has 0 saturated carbocycles. The van der Waals surface area contributed by atoms with Crippen LogP contribution in [0.4, 0.5) is 5.69 Å². The number of carbonyl (C=O) groups excluding carboxylic acids is 2. The number of hydrogen-bond donors (Lipinski definition) is 2. The van der Waals surface area contributed by atoms with Gasteiger partial charge < -0.3 is 15.2 Å².